The van der Waals surface area contributed by atoms with Crippen molar-refractivity contribution >= 4 is 34.7 Å². The molecule has 0 bridgehead atoms. The molecule has 198 valence electrons. The van der Waals surface area contributed by atoms with Gasteiger partial charge in [0.15, 0.2) is 5.11 Å². The van der Waals surface area contributed by atoms with E-state index in [2.05, 4.69) is 55.0 Å². The van der Waals surface area contributed by atoms with Crippen LogP contribution in [-0.2, 0) is 9.47 Å². The molecule has 2 aliphatic rings. The smallest absolute Gasteiger partial charge is 0.337 e. The van der Waals surface area contributed by atoms with E-state index in [-0.39, 0.29) is 18.1 Å². The van der Waals surface area contributed by atoms with Crippen molar-refractivity contribution < 1.29 is 14.3 Å². The van der Waals surface area contributed by atoms with Gasteiger partial charge in [-0.15, -0.1) is 0 Å². The summed E-state index contributed by atoms with van der Waals surface area (Å²) in [6.07, 6.45) is 3.83. The van der Waals surface area contributed by atoms with Gasteiger partial charge in [0.25, 0.3) is 0 Å². The second-order valence-corrected chi connectivity index (χ2v) is 9.84. The SMILES string of the molecule is COC(=O)c1ccc(-n2cccc2[C@@H]2[C@@H](c3ccccn3)NC(=S)N2c2ccc(N3CCOCC3)cc2)cc1. The number of carbonyl (C=O) groups excluding carboxylic acids is 1. The normalized spacial score (nSPS) is 19.2. The van der Waals surface area contributed by atoms with E-state index in [1.165, 1.54) is 12.8 Å². The molecule has 2 fully saturated rings. The van der Waals surface area contributed by atoms with Crippen LogP contribution < -0.4 is 15.1 Å². The van der Waals surface area contributed by atoms with Crippen molar-refractivity contribution in [3.8, 4) is 5.69 Å². The lowest BCUT2D eigenvalue weighted by Crippen LogP contribution is -2.36. The highest BCUT2D eigenvalue weighted by atomic mass is 32.1. The highest BCUT2D eigenvalue weighted by Gasteiger charge is 2.42. The van der Waals surface area contributed by atoms with Gasteiger partial charge in [0.05, 0.1) is 37.6 Å². The zero-order valence-corrected chi connectivity index (χ0v) is 22.4. The molecule has 4 heterocycles. The Labute approximate surface area is 232 Å². The van der Waals surface area contributed by atoms with Crippen LogP contribution in [0.25, 0.3) is 5.69 Å². The van der Waals surface area contributed by atoms with E-state index in [0.717, 1.165) is 49.1 Å². The number of carbonyl (C=O) groups is 1. The predicted octanol–water partition coefficient (Wildman–Crippen LogP) is 4.67. The van der Waals surface area contributed by atoms with Crippen LogP contribution in [0, 0.1) is 0 Å². The molecule has 0 aliphatic carbocycles. The Hall–Kier alpha value is -4.21. The maximum absolute atomic E-state index is 12.0. The molecular formula is C30H29N5O3S. The van der Waals surface area contributed by atoms with Gasteiger partial charge >= 0.3 is 5.97 Å². The molecule has 0 unspecified atom stereocenters. The van der Waals surface area contributed by atoms with Gasteiger partial charge in [-0.3, -0.25) is 4.98 Å². The number of rotatable bonds is 6. The number of thiocarbonyl (C=S) groups is 1. The fourth-order valence-corrected chi connectivity index (χ4v) is 5.67. The largest absolute Gasteiger partial charge is 0.465 e. The molecule has 2 saturated heterocycles. The Morgan fingerprint density at radius 1 is 0.949 bits per heavy atom. The molecule has 6 rings (SSSR count). The Balaban J connectivity index is 1.39. The fraction of sp³-hybridized carbons (Fsp3) is 0.233. The third-order valence-corrected chi connectivity index (χ3v) is 7.57. The summed E-state index contributed by atoms with van der Waals surface area (Å²) in [7, 11) is 1.39. The first-order chi connectivity index (χ1) is 19.1. The van der Waals surface area contributed by atoms with E-state index in [9.17, 15) is 4.79 Å². The second kappa shape index (κ2) is 10.9. The summed E-state index contributed by atoms with van der Waals surface area (Å²) in [6.45, 7) is 3.26. The third kappa shape index (κ3) is 4.86. The van der Waals surface area contributed by atoms with Gasteiger partial charge in [0, 0.05) is 48.2 Å². The van der Waals surface area contributed by atoms with Gasteiger partial charge in [0.2, 0.25) is 0 Å². The number of hydrogen-bond acceptors (Lipinski definition) is 6. The summed E-state index contributed by atoms with van der Waals surface area (Å²) in [5.41, 5.74) is 5.57. The summed E-state index contributed by atoms with van der Waals surface area (Å²) < 4.78 is 12.5. The van der Waals surface area contributed by atoms with Crippen LogP contribution in [-0.4, -0.2) is 54.0 Å². The molecule has 39 heavy (non-hydrogen) atoms. The summed E-state index contributed by atoms with van der Waals surface area (Å²) >= 11 is 5.93. The molecule has 0 radical (unpaired) electrons. The van der Waals surface area contributed by atoms with Crippen molar-refractivity contribution in [2.75, 3.05) is 43.2 Å². The molecule has 2 atom stereocenters. The van der Waals surface area contributed by atoms with E-state index in [1.54, 1.807) is 12.1 Å². The molecule has 2 aromatic carbocycles. The van der Waals surface area contributed by atoms with Crippen LogP contribution in [0.2, 0.25) is 0 Å². The first kappa shape index (κ1) is 25.1. The van der Waals surface area contributed by atoms with Crippen molar-refractivity contribution in [1.82, 2.24) is 14.9 Å². The Morgan fingerprint density at radius 3 is 2.36 bits per heavy atom. The van der Waals surface area contributed by atoms with Crippen molar-refractivity contribution in [3.05, 3.63) is 108 Å². The average Bonchev–Trinajstić information content (AvgIpc) is 3.62. The lowest BCUT2D eigenvalue weighted by atomic mass is 10.0. The number of methoxy groups -OCH3 is 1. The molecular weight excluding hydrogens is 510 g/mol. The van der Waals surface area contributed by atoms with Crippen LogP contribution in [0.3, 0.4) is 0 Å². The Bertz CT molecular complexity index is 1450. The topological polar surface area (TPSA) is 71.9 Å². The monoisotopic (exact) mass is 539 g/mol. The lowest BCUT2D eigenvalue weighted by molar-refractivity contribution is 0.0600. The first-order valence-electron chi connectivity index (χ1n) is 12.9. The van der Waals surface area contributed by atoms with E-state index in [4.69, 9.17) is 21.7 Å². The van der Waals surface area contributed by atoms with Gasteiger partial charge in [-0.2, -0.15) is 0 Å². The van der Waals surface area contributed by atoms with Crippen LogP contribution >= 0.6 is 12.2 Å². The van der Waals surface area contributed by atoms with Crippen molar-refractivity contribution in [2.45, 2.75) is 12.1 Å². The number of ether oxygens (including phenoxy) is 2. The average molecular weight is 540 g/mol. The molecule has 9 heteroatoms. The molecule has 0 saturated carbocycles. The molecule has 8 nitrogen and oxygen atoms in total. The highest BCUT2D eigenvalue weighted by Crippen LogP contribution is 2.42. The van der Waals surface area contributed by atoms with Crippen LogP contribution in [0.1, 0.15) is 33.8 Å². The number of benzene rings is 2. The summed E-state index contributed by atoms with van der Waals surface area (Å²) in [4.78, 5) is 21.2. The first-order valence-corrected chi connectivity index (χ1v) is 13.3. The number of esters is 1. The van der Waals surface area contributed by atoms with Crippen LogP contribution in [0.15, 0.2) is 91.3 Å². The van der Waals surface area contributed by atoms with Crippen molar-refractivity contribution in [2.24, 2.45) is 0 Å². The molecule has 0 amide bonds. The Morgan fingerprint density at radius 2 is 1.67 bits per heavy atom. The second-order valence-electron chi connectivity index (χ2n) is 9.45. The quantitative estimate of drug-likeness (QED) is 0.280. The van der Waals surface area contributed by atoms with E-state index in [0.29, 0.717) is 10.7 Å². The van der Waals surface area contributed by atoms with Crippen LogP contribution in [0.4, 0.5) is 11.4 Å². The number of anilines is 2. The zero-order chi connectivity index (χ0) is 26.8. The van der Waals surface area contributed by atoms with Gasteiger partial charge in [-0.1, -0.05) is 6.07 Å². The number of nitrogens with one attached hydrogen (secondary N) is 1. The Kier molecular flexibility index (Phi) is 7.00. The van der Waals surface area contributed by atoms with Gasteiger partial charge < -0.3 is 29.2 Å². The van der Waals surface area contributed by atoms with Gasteiger partial charge in [-0.25, -0.2) is 4.79 Å². The van der Waals surface area contributed by atoms with E-state index < -0.39 is 0 Å². The molecule has 2 aromatic heterocycles. The maximum atomic E-state index is 12.0. The number of nitrogens with zero attached hydrogens (tertiary/aromatic N) is 4. The number of morpholine rings is 1. The summed E-state index contributed by atoms with van der Waals surface area (Å²) in [5, 5.41) is 4.18. The minimum atomic E-state index is -0.360. The minimum Gasteiger partial charge on any atom is -0.465 e. The summed E-state index contributed by atoms with van der Waals surface area (Å²) in [5.74, 6) is -0.360. The molecule has 1 N–H and O–H groups in total. The fourth-order valence-electron chi connectivity index (χ4n) is 5.33. The number of pyridine rings is 1. The van der Waals surface area contributed by atoms with Crippen LogP contribution in [0.5, 0.6) is 0 Å². The number of hydrogen-bond donors (Lipinski definition) is 1. The van der Waals surface area contributed by atoms with Crippen molar-refractivity contribution in [3.63, 3.8) is 0 Å². The zero-order valence-electron chi connectivity index (χ0n) is 21.6. The molecule has 0 spiro atoms. The van der Waals surface area contributed by atoms with E-state index >= 15 is 0 Å². The van der Waals surface area contributed by atoms with Gasteiger partial charge in [-0.05, 0) is 85.0 Å². The maximum Gasteiger partial charge on any atom is 0.337 e. The standard InChI is InChI=1S/C30H29N5O3S/c1-37-29(36)21-7-9-23(10-8-21)34-16-4-6-26(34)28-27(25-5-2-3-15-31-25)32-30(39)35(28)24-13-11-22(12-14-24)33-17-19-38-20-18-33/h2-16,27-28H,17-20H2,1H3,(H,32,39)/t27-,28-/m1/s1. The molecule has 2 aliphatic heterocycles. The predicted molar refractivity (Wildman–Crippen MR) is 155 cm³/mol. The summed E-state index contributed by atoms with van der Waals surface area (Å²) in [6, 6.07) is 25.7. The van der Waals surface area contributed by atoms with E-state index in [1.807, 2.05) is 48.8 Å². The third-order valence-electron chi connectivity index (χ3n) is 7.25. The van der Waals surface area contributed by atoms with Gasteiger partial charge in [0.1, 0.15) is 6.04 Å². The highest BCUT2D eigenvalue weighted by molar-refractivity contribution is 7.80. The minimum absolute atomic E-state index is 0.166. The lowest BCUT2D eigenvalue weighted by Gasteiger charge is -2.31. The number of aromatic nitrogens is 2. The van der Waals surface area contributed by atoms with Crippen molar-refractivity contribution in [1.29, 1.82) is 0 Å². The molecule has 4 aromatic rings.